The Morgan fingerprint density at radius 3 is 2.56 bits per heavy atom. The van der Waals surface area contributed by atoms with Crippen LogP contribution in [0.5, 0.6) is 0 Å². The van der Waals surface area contributed by atoms with Crippen molar-refractivity contribution in [3.05, 3.63) is 106 Å². The van der Waals surface area contributed by atoms with Crippen LogP contribution in [0.4, 0.5) is 15.7 Å². The number of thiazole rings is 1. The molecular weight excluding hydrogens is 584 g/mol. The summed E-state index contributed by atoms with van der Waals surface area (Å²) in [6.07, 6.45) is 1.47. The van der Waals surface area contributed by atoms with Crippen molar-refractivity contribution in [1.29, 1.82) is 0 Å². The molecule has 0 spiro atoms. The topological polar surface area (TPSA) is 133 Å². The van der Waals surface area contributed by atoms with Gasteiger partial charge in [0.1, 0.15) is 17.8 Å². The molecule has 45 heavy (non-hydrogen) atoms. The lowest BCUT2D eigenvalue weighted by Gasteiger charge is -2.19. The van der Waals surface area contributed by atoms with E-state index in [1.165, 1.54) is 17.7 Å². The standard InChI is InChI=1S/C34H30N8O2S/c1-18-8-5-6-11-25(18)42-23(14-21-10-7-9-19(2)27(21)32(42)43)16-41-20(3)28(29-30(35)37-17-38-31(29)41)22-12-13-24-26(15-22)45-34(39-24)40-33(44)36-4/h5-15,17H,16H2,1-4H3,(H2,35,37,38)(H2,36,39,40,44). The predicted octanol–water partition coefficient (Wildman–Crippen LogP) is 6.32. The number of rotatable bonds is 5. The molecule has 0 saturated heterocycles. The normalized spacial score (nSPS) is 11.5. The molecule has 224 valence electrons. The number of nitrogens with zero attached hydrogens (tertiary/aromatic N) is 5. The molecule has 0 saturated carbocycles. The summed E-state index contributed by atoms with van der Waals surface area (Å²) < 4.78 is 4.83. The summed E-state index contributed by atoms with van der Waals surface area (Å²) in [5, 5.41) is 8.14. The summed E-state index contributed by atoms with van der Waals surface area (Å²) in [5.41, 5.74) is 14.3. The van der Waals surface area contributed by atoms with E-state index in [9.17, 15) is 9.59 Å². The Labute approximate surface area is 262 Å². The van der Waals surface area contributed by atoms with Gasteiger partial charge in [0.05, 0.1) is 33.2 Å². The van der Waals surface area contributed by atoms with Crippen LogP contribution in [-0.2, 0) is 6.54 Å². The number of hydrogen-bond acceptors (Lipinski definition) is 7. The fourth-order valence-electron chi connectivity index (χ4n) is 6.09. The minimum atomic E-state index is -0.328. The van der Waals surface area contributed by atoms with Gasteiger partial charge in [-0.3, -0.25) is 14.7 Å². The fraction of sp³-hybridized carbons (Fsp3) is 0.147. The number of carbonyl (C=O) groups excluding carboxylic acids is 1. The number of carbonyl (C=O) groups is 1. The maximum absolute atomic E-state index is 14.2. The third-order valence-corrected chi connectivity index (χ3v) is 9.19. The predicted molar refractivity (Wildman–Crippen MR) is 181 cm³/mol. The van der Waals surface area contributed by atoms with Crippen molar-refractivity contribution in [1.82, 2.24) is 29.4 Å². The quantitative estimate of drug-likeness (QED) is 0.208. The maximum Gasteiger partial charge on any atom is 0.320 e. The van der Waals surface area contributed by atoms with Crippen molar-refractivity contribution < 1.29 is 4.79 Å². The lowest BCUT2D eigenvalue weighted by atomic mass is 10.0. The van der Waals surface area contributed by atoms with Crippen LogP contribution in [0, 0.1) is 20.8 Å². The highest BCUT2D eigenvalue weighted by Crippen LogP contribution is 2.39. The number of benzene rings is 3. The number of anilines is 2. The maximum atomic E-state index is 14.2. The van der Waals surface area contributed by atoms with Crippen LogP contribution in [0.2, 0.25) is 0 Å². The Morgan fingerprint density at radius 2 is 1.76 bits per heavy atom. The van der Waals surface area contributed by atoms with Gasteiger partial charge >= 0.3 is 6.03 Å². The van der Waals surface area contributed by atoms with Crippen LogP contribution in [0.1, 0.15) is 22.5 Å². The number of nitrogens with two attached hydrogens (primary N) is 1. The number of fused-ring (bicyclic) bond motifs is 3. The van der Waals surface area contributed by atoms with Gasteiger partial charge in [-0.15, -0.1) is 0 Å². The summed E-state index contributed by atoms with van der Waals surface area (Å²) in [7, 11) is 1.56. The smallest absolute Gasteiger partial charge is 0.320 e. The van der Waals surface area contributed by atoms with Gasteiger partial charge in [0, 0.05) is 24.0 Å². The Kier molecular flexibility index (Phi) is 6.82. The first-order valence-electron chi connectivity index (χ1n) is 14.4. The van der Waals surface area contributed by atoms with Crippen molar-refractivity contribution in [2.45, 2.75) is 27.3 Å². The molecule has 0 radical (unpaired) electrons. The fourth-order valence-corrected chi connectivity index (χ4v) is 6.99. The molecule has 0 atom stereocenters. The molecule has 3 aromatic carbocycles. The van der Waals surface area contributed by atoms with Gasteiger partial charge in [-0.05, 0) is 67.1 Å². The largest absolute Gasteiger partial charge is 0.383 e. The minimum Gasteiger partial charge on any atom is -0.383 e. The number of nitrogen functional groups attached to an aromatic ring is 1. The van der Waals surface area contributed by atoms with Crippen molar-refractivity contribution in [2.24, 2.45) is 0 Å². The number of urea groups is 1. The van der Waals surface area contributed by atoms with E-state index >= 15 is 0 Å². The lowest BCUT2D eigenvalue weighted by molar-refractivity contribution is 0.254. The van der Waals surface area contributed by atoms with E-state index in [4.69, 9.17) is 10.7 Å². The Hall–Kier alpha value is -5.55. The van der Waals surface area contributed by atoms with Crippen LogP contribution >= 0.6 is 11.3 Å². The van der Waals surface area contributed by atoms with Gasteiger partial charge in [-0.25, -0.2) is 19.7 Å². The number of hydrogen-bond donors (Lipinski definition) is 3. The first-order chi connectivity index (χ1) is 21.7. The second-order valence-corrected chi connectivity index (χ2v) is 12.0. The number of aromatic nitrogens is 5. The van der Waals surface area contributed by atoms with E-state index in [2.05, 4.69) is 31.2 Å². The molecule has 7 aromatic rings. The summed E-state index contributed by atoms with van der Waals surface area (Å²) in [4.78, 5) is 39.7. The lowest BCUT2D eigenvalue weighted by Crippen LogP contribution is -2.25. The van der Waals surface area contributed by atoms with Crippen molar-refractivity contribution in [3.8, 4) is 16.8 Å². The van der Waals surface area contributed by atoms with Crippen LogP contribution in [0.3, 0.4) is 0 Å². The van der Waals surface area contributed by atoms with E-state index in [1.54, 1.807) is 7.05 Å². The Morgan fingerprint density at radius 1 is 0.956 bits per heavy atom. The van der Waals surface area contributed by atoms with Crippen LogP contribution in [-0.4, -0.2) is 37.2 Å². The highest BCUT2D eigenvalue weighted by Gasteiger charge is 2.23. The summed E-state index contributed by atoms with van der Waals surface area (Å²) in [5.74, 6) is 0.369. The van der Waals surface area contributed by atoms with E-state index in [-0.39, 0.29) is 11.6 Å². The molecule has 0 aliphatic carbocycles. The van der Waals surface area contributed by atoms with E-state index in [0.717, 1.165) is 60.3 Å². The number of nitrogens with one attached hydrogen (secondary N) is 2. The average molecular weight is 615 g/mol. The van der Waals surface area contributed by atoms with Crippen LogP contribution in [0.25, 0.3) is 48.8 Å². The average Bonchev–Trinajstić information content (AvgIpc) is 3.55. The molecule has 10 nitrogen and oxygen atoms in total. The van der Waals surface area contributed by atoms with Gasteiger partial charge in [-0.1, -0.05) is 53.8 Å². The molecule has 2 amide bonds. The summed E-state index contributed by atoms with van der Waals surface area (Å²) in [6, 6.07) is 21.6. The molecule has 4 heterocycles. The Bertz CT molecular complexity index is 2370. The molecule has 11 heteroatoms. The summed E-state index contributed by atoms with van der Waals surface area (Å²) in [6.45, 7) is 6.39. The van der Waals surface area contributed by atoms with Crippen molar-refractivity contribution in [2.75, 3.05) is 18.1 Å². The highest BCUT2D eigenvalue weighted by atomic mass is 32.1. The molecule has 0 bridgehead atoms. The zero-order valence-electron chi connectivity index (χ0n) is 25.2. The first kappa shape index (κ1) is 28.2. The van der Waals surface area contributed by atoms with E-state index < -0.39 is 0 Å². The Balaban J connectivity index is 1.44. The minimum absolute atomic E-state index is 0.0600. The van der Waals surface area contributed by atoms with Gasteiger partial charge < -0.3 is 15.6 Å². The number of amides is 2. The third kappa shape index (κ3) is 4.68. The first-order valence-corrected chi connectivity index (χ1v) is 15.3. The van der Waals surface area contributed by atoms with Gasteiger partial charge in [0.25, 0.3) is 5.56 Å². The van der Waals surface area contributed by atoms with Crippen molar-refractivity contribution >= 4 is 60.3 Å². The van der Waals surface area contributed by atoms with Gasteiger partial charge in [-0.2, -0.15) is 0 Å². The molecule has 4 N–H and O–H groups in total. The van der Waals surface area contributed by atoms with Crippen LogP contribution in [0.15, 0.2) is 77.9 Å². The zero-order valence-corrected chi connectivity index (χ0v) is 26.0. The number of aryl methyl sites for hydroxylation is 2. The second kappa shape index (κ2) is 10.9. The van der Waals surface area contributed by atoms with E-state index in [0.29, 0.717) is 28.5 Å². The summed E-state index contributed by atoms with van der Waals surface area (Å²) >= 11 is 1.39. The van der Waals surface area contributed by atoms with E-state index in [1.807, 2.05) is 86.0 Å². The molecule has 0 fully saturated rings. The molecular formula is C34H30N8O2S. The molecule has 7 rings (SSSR count). The monoisotopic (exact) mass is 614 g/mol. The molecule has 0 aliphatic heterocycles. The van der Waals surface area contributed by atoms with Crippen LogP contribution < -0.4 is 21.9 Å². The van der Waals surface area contributed by atoms with Crippen molar-refractivity contribution in [3.63, 3.8) is 0 Å². The number of para-hydroxylation sites is 1. The van der Waals surface area contributed by atoms with Gasteiger partial charge in [0.15, 0.2) is 5.13 Å². The number of pyridine rings is 1. The molecule has 0 aliphatic rings. The van der Waals surface area contributed by atoms with Gasteiger partial charge in [0.2, 0.25) is 0 Å². The third-order valence-electron chi connectivity index (χ3n) is 8.26. The molecule has 0 unspecified atom stereocenters. The zero-order chi connectivity index (χ0) is 31.4. The molecule has 4 aromatic heterocycles. The highest BCUT2D eigenvalue weighted by molar-refractivity contribution is 7.22. The SMILES string of the molecule is CNC(=O)Nc1nc2ccc(-c3c(C)n(Cc4cc5cccc(C)c5c(=O)n4-c4ccccc4C)c4ncnc(N)c34)cc2s1. The second-order valence-electron chi connectivity index (χ2n) is 11.0.